The average molecular weight is 330 g/mol. The van der Waals surface area contributed by atoms with Crippen LogP contribution in [0.2, 0.25) is 0 Å². The van der Waals surface area contributed by atoms with Crippen molar-refractivity contribution in [2.45, 2.75) is 31.8 Å². The van der Waals surface area contributed by atoms with Gasteiger partial charge in [-0.15, -0.1) is 0 Å². The maximum Gasteiger partial charge on any atom is 0.279 e. The van der Waals surface area contributed by atoms with E-state index in [0.29, 0.717) is 50.9 Å². The van der Waals surface area contributed by atoms with Crippen molar-refractivity contribution in [1.82, 2.24) is 9.03 Å². The van der Waals surface area contributed by atoms with Crippen LogP contribution in [-0.4, -0.2) is 45.6 Å². The molecule has 1 saturated heterocycles. The molecule has 1 N–H and O–H groups in total. The zero-order chi connectivity index (χ0) is 16.0. The van der Waals surface area contributed by atoms with Gasteiger partial charge in [-0.25, -0.2) is 9.11 Å². The van der Waals surface area contributed by atoms with E-state index < -0.39 is 10.2 Å². The third-order valence-electron chi connectivity index (χ3n) is 3.94. The van der Waals surface area contributed by atoms with E-state index in [1.165, 1.54) is 10.4 Å². The molecule has 5 nitrogen and oxygen atoms in total. The second-order valence-corrected chi connectivity index (χ2v) is 7.18. The van der Waals surface area contributed by atoms with Crippen LogP contribution in [0, 0.1) is 5.82 Å². The summed E-state index contributed by atoms with van der Waals surface area (Å²) in [7, 11) is -1.80. The molecule has 1 aromatic rings. The molecule has 7 heteroatoms. The molecule has 1 aromatic carbocycles. The summed E-state index contributed by atoms with van der Waals surface area (Å²) >= 11 is 0. The molecule has 0 atom stereocenters. The number of benzene rings is 1. The topological polar surface area (TPSA) is 58.6 Å². The molecular formula is C15H23FN2O3S. The van der Waals surface area contributed by atoms with E-state index in [4.69, 9.17) is 4.74 Å². The van der Waals surface area contributed by atoms with Gasteiger partial charge in [0.2, 0.25) is 0 Å². The summed E-state index contributed by atoms with van der Waals surface area (Å²) in [6.07, 6.45) is 2.65. The van der Waals surface area contributed by atoms with Crippen molar-refractivity contribution in [1.29, 1.82) is 0 Å². The van der Waals surface area contributed by atoms with Gasteiger partial charge in [-0.1, -0.05) is 18.2 Å². The monoisotopic (exact) mass is 330 g/mol. The highest BCUT2D eigenvalue weighted by Gasteiger charge is 2.27. The minimum Gasteiger partial charge on any atom is -0.381 e. The van der Waals surface area contributed by atoms with Gasteiger partial charge in [-0.05, 0) is 37.3 Å². The fourth-order valence-corrected chi connectivity index (χ4v) is 3.86. The summed E-state index contributed by atoms with van der Waals surface area (Å²) in [6.45, 7) is 1.25. The smallest absolute Gasteiger partial charge is 0.279 e. The molecule has 0 unspecified atom stereocenters. The summed E-state index contributed by atoms with van der Waals surface area (Å²) in [5.41, 5.74) is 0.614. The lowest BCUT2D eigenvalue weighted by Crippen LogP contribution is -2.46. The molecule has 0 amide bonds. The van der Waals surface area contributed by atoms with E-state index in [0.717, 1.165) is 0 Å². The molecule has 1 aliphatic heterocycles. The van der Waals surface area contributed by atoms with Crippen molar-refractivity contribution in [3.8, 4) is 0 Å². The highest BCUT2D eigenvalue weighted by molar-refractivity contribution is 7.87. The Morgan fingerprint density at radius 2 is 2.00 bits per heavy atom. The lowest BCUT2D eigenvalue weighted by Gasteiger charge is -2.30. The third kappa shape index (κ3) is 4.74. The van der Waals surface area contributed by atoms with Gasteiger partial charge in [0.25, 0.3) is 10.2 Å². The number of hydrogen-bond acceptors (Lipinski definition) is 3. The largest absolute Gasteiger partial charge is 0.381 e. The molecule has 0 saturated carbocycles. The quantitative estimate of drug-likeness (QED) is 0.774. The number of hydrogen-bond donors (Lipinski definition) is 1. The Morgan fingerprint density at radius 3 is 2.64 bits per heavy atom. The predicted octanol–water partition coefficient (Wildman–Crippen LogP) is 1.70. The minimum atomic E-state index is -3.45. The van der Waals surface area contributed by atoms with Crippen LogP contribution < -0.4 is 4.72 Å². The average Bonchev–Trinajstić information content (AvgIpc) is 2.53. The molecule has 0 bridgehead atoms. The van der Waals surface area contributed by atoms with Crippen LogP contribution in [0.3, 0.4) is 0 Å². The van der Waals surface area contributed by atoms with E-state index in [-0.39, 0.29) is 11.9 Å². The van der Waals surface area contributed by atoms with Crippen LogP contribution in [0.25, 0.3) is 0 Å². The number of nitrogens with zero attached hydrogens (tertiary/aromatic N) is 1. The number of halogens is 1. The number of piperidine rings is 1. The first-order chi connectivity index (χ1) is 10.5. The molecule has 1 aliphatic rings. The van der Waals surface area contributed by atoms with E-state index in [1.807, 2.05) is 0 Å². The van der Waals surface area contributed by atoms with Crippen LogP contribution in [0.5, 0.6) is 0 Å². The normalized spacial score (nSPS) is 17.7. The van der Waals surface area contributed by atoms with Gasteiger partial charge in [-0.2, -0.15) is 12.7 Å². The fraction of sp³-hybridized carbons (Fsp3) is 0.600. The molecule has 0 aliphatic carbocycles. The maximum atomic E-state index is 13.5. The van der Waals surface area contributed by atoms with Gasteiger partial charge in [-0.3, -0.25) is 0 Å². The lowest BCUT2D eigenvalue weighted by atomic mass is 10.1. The molecule has 22 heavy (non-hydrogen) atoms. The van der Waals surface area contributed by atoms with Gasteiger partial charge in [0.15, 0.2) is 0 Å². The van der Waals surface area contributed by atoms with Gasteiger partial charge in [0, 0.05) is 26.7 Å². The van der Waals surface area contributed by atoms with Gasteiger partial charge in [0.1, 0.15) is 5.82 Å². The Hall–Kier alpha value is -1.02. The molecule has 2 rings (SSSR count). The van der Waals surface area contributed by atoms with Crippen LogP contribution >= 0.6 is 0 Å². The third-order valence-corrected chi connectivity index (χ3v) is 5.55. The minimum absolute atomic E-state index is 0.146. The zero-order valence-electron chi connectivity index (χ0n) is 12.8. The first kappa shape index (κ1) is 17.3. The van der Waals surface area contributed by atoms with E-state index in [1.54, 1.807) is 25.3 Å². The van der Waals surface area contributed by atoms with Gasteiger partial charge < -0.3 is 4.74 Å². The van der Waals surface area contributed by atoms with Gasteiger partial charge in [0.05, 0.1) is 6.10 Å². The summed E-state index contributed by atoms with van der Waals surface area (Å²) in [5, 5.41) is 0. The SMILES string of the molecule is COC1CCN(S(=O)(=O)NCCCc2ccccc2F)CC1. The first-order valence-corrected chi connectivity index (χ1v) is 8.98. The molecule has 1 heterocycles. The summed E-state index contributed by atoms with van der Waals surface area (Å²) in [5.74, 6) is -0.244. The number of rotatable bonds is 7. The second-order valence-electron chi connectivity index (χ2n) is 5.43. The second kappa shape index (κ2) is 8.01. The summed E-state index contributed by atoms with van der Waals surface area (Å²) in [4.78, 5) is 0. The van der Waals surface area contributed by atoms with Crippen LogP contribution in [0.1, 0.15) is 24.8 Å². The maximum absolute atomic E-state index is 13.5. The molecule has 0 radical (unpaired) electrons. The molecule has 1 fully saturated rings. The number of methoxy groups -OCH3 is 1. The van der Waals surface area contributed by atoms with E-state index in [2.05, 4.69) is 4.72 Å². The highest BCUT2D eigenvalue weighted by Crippen LogP contribution is 2.15. The molecule has 124 valence electrons. The molecular weight excluding hydrogens is 307 g/mol. The zero-order valence-corrected chi connectivity index (χ0v) is 13.6. The first-order valence-electron chi connectivity index (χ1n) is 7.54. The number of nitrogens with one attached hydrogen (secondary N) is 1. The fourth-order valence-electron chi connectivity index (χ4n) is 2.58. The van der Waals surface area contributed by atoms with Crippen LogP contribution in [0.15, 0.2) is 24.3 Å². The van der Waals surface area contributed by atoms with Crippen molar-refractivity contribution in [3.63, 3.8) is 0 Å². The van der Waals surface area contributed by atoms with Crippen molar-refractivity contribution in [2.24, 2.45) is 0 Å². The van der Waals surface area contributed by atoms with E-state index in [9.17, 15) is 12.8 Å². The number of ether oxygens (including phenoxy) is 1. The van der Waals surface area contributed by atoms with Crippen molar-refractivity contribution in [3.05, 3.63) is 35.6 Å². The van der Waals surface area contributed by atoms with Crippen molar-refractivity contribution in [2.75, 3.05) is 26.7 Å². The molecule has 0 spiro atoms. The number of aryl methyl sites for hydroxylation is 1. The Labute approximate surface area is 131 Å². The van der Waals surface area contributed by atoms with Crippen LogP contribution in [0.4, 0.5) is 4.39 Å². The summed E-state index contributed by atoms with van der Waals surface area (Å²) in [6, 6.07) is 6.56. The van der Waals surface area contributed by atoms with Gasteiger partial charge >= 0.3 is 0 Å². The van der Waals surface area contributed by atoms with Crippen molar-refractivity contribution < 1.29 is 17.5 Å². The Morgan fingerprint density at radius 1 is 1.32 bits per heavy atom. The Kier molecular flexibility index (Phi) is 6.31. The van der Waals surface area contributed by atoms with Crippen LogP contribution in [-0.2, 0) is 21.4 Å². The Bertz CT molecular complexity index is 572. The van der Waals surface area contributed by atoms with Crippen molar-refractivity contribution >= 4 is 10.2 Å². The van der Waals surface area contributed by atoms with E-state index >= 15 is 0 Å². The Balaban J connectivity index is 1.75. The summed E-state index contributed by atoms with van der Waals surface area (Å²) < 4.78 is 47.0. The molecule has 0 aromatic heterocycles. The standard InChI is InChI=1S/C15H23FN2O3S/c1-21-14-8-11-18(12-9-14)22(19,20)17-10-4-6-13-5-2-3-7-15(13)16/h2-3,5,7,14,17H,4,6,8-12H2,1H3. The predicted molar refractivity (Wildman–Crippen MR) is 83.2 cm³/mol. The lowest BCUT2D eigenvalue weighted by molar-refractivity contribution is 0.0602. The highest BCUT2D eigenvalue weighted by atomic mass is 32.2.